The monoisotopic (exact) mass is 341 g/mol. The molecule has 0 aromatic rings. The highest BCUT2D eigenvalue weighted by Gasteiger charge is 2.40. The predicted molar refractivity (Wildman–Crippen MR) is 75.8 cm³/mol. The Morgan fingerprint density at radius 1 is 1.00 bits per heavy atom. The Bertz CT molecular complexity index is 427. The number of carboxylic acid groups (broad SMARTS) is 4. The summed E-state index contributed by atoms with van der Waals surface area (Å²) in [7, 11) is 0. The molecule has 10 nitrogen and oxygen atoms in total. The smallest absolute Gasteiger partial charge is 0.336 e. The number of aliphatic hydroxyl groups is 1. The van der Waals surface area contributed by atoms with Crippen molar-refractivity contribution in [3.63, 3.8) is 0 Å². The van der Waals surface area contributed by atoms with Crippen molar-refractivity contribution in [3.05, 3.63) is 0 Å². The van der Waals surface area contributed by atoms with Gasteiger partial charge in [0.25, 0.3) is 0 Å². The van der Waals surface area contributed by atoms with Gasteiger partial charge in [0.15, 0.2) is 5.60 Å². The van der Waals surface area contributed by atoms with Gasteiger partial charge in [-0.15, -0.1) is 0 Å². The van der Waals surface area contributed by atoms with Gasteiger partial charge in [-0.2, -0.15) is 12.6 Å². The highest BCUT2D eigenvalue weighted by molar-refractivity contribution is 7.81. The van der Waals surface area contributed by atoms with E-state index in [4.69, 9.17) is 31.3 Å². The van der Waals surface area contributed by atoms with Gasteiger partial charge < -0.3 is 31.3 Å². The zero-order chi connectivity index (χ0) is 18.3. The lowest BCUT2D eigenvalue weighted by molar-refractivity contribution is -0.170. The lowest BCUT2D eigenvalue weighted by Crippen LogP contribution is -2.45. The molecule has 0 aliphatic heterocycles. The van der Waals surface area contributed by atoms with Crippen LogP contribution in [0.5, 0.6) is 0 Å². The van der Waals surface area contributed by atoms with E-state index in [9.17, 15) is 19.2 Å². The van der Waals surface area contributed by atoms with Crippen LogP contribution in [0.1, 0.15) is 26.7 Å². The van der Waals surface area contributed by atoms with Crippen LogP contribution in [-0.2, 0) is 19.2 Å². The van der Waals surface area contributed by atoms with Crippen LogP contribution in [0.3, 0.4) is 0 Å². The molecule has 11 heteroatoms. The molecule has 1 atom stereocenters. The molecule has 7 N–H and O–H groups in total. The summed E-state index contributed by atoms with van der Waals surface area (Å²) in [6.07, 6.45) is -2.29. The van der Waals surface area contributed by atoms with Crippen molar-refractivity contribution >= 4 is 36.5 Å². The Kier molecular flexibility index (Phi) is 8.73. The molecule has 22 heavy (non-hydrogen) atoms. The molecule has 0 radical (unpaired) electrons. The quantitative estimate of drug-likeness (QED) is 0.278. The maximum atomic E-state index is 10.3. The summed E-state index contributed by atoms with van der Waals surface area (Å²) < 4.78 is -0.647. The van der Waals surface area contributed by atoms with Crippen molar-refractivity contribution in [2.24, 2.45) is 5.73 Å². The summed E-state index contributed by atoms with van der Waals surface area (Å²) in [6, 6.07) is -0.902. The normalized spacial score (nSPS) is 12.6. The van der Waals surface area contributed by atoms with Crippen molar-refractivity contribution in [1.29, 1.82) is 0 Å². The average Bonchev–Trinajstić information content (AvgIpc) is 2.24. The van der Waals surface area contributed by atoms with Gasteiger partial charge in [0.05, 0.1) is 12.8 Å². The molecular weight excluding hydrogens is 322 g/mol. The van der Waals surface area contributed by atoms with E-state index in [1.165, 1.54) is 0 Å². The van der Waals surface area contributed by atoms with Crippen molar-refractivity contribution in [3.8, 4) is 0 Å². The molecular formula is C11H19NO9S. The highest BCUT2D eigenvalue weighted by Crippen LogP contribution is 2.16. The van der Waals surface area contributed by atoms with Crippen molar-refractivity contribution in [2.45, 2.75) is 43.1 Å². The van der Waals surface area contributed by atoms with Gasteiger partial charge in [-0.25, -0.2) is 4.79 Å². The third-order valence-electron chi connectivity index (χ3n) is 2.31. The molecule has 0 aromatic heterocycles. The second-order valence-electron chi connectivity index (χ2n) is 4.95. The minimum Gasteiger partial charge on any atom is -0.481 e. The molecule has 0 bridgehead atoms. The molecule has 0 saturated heterocycles. The number of thiol groups is 1. The van der Waals surface area contributed by atoms with E-state index in [2.05, 4.69) is 12.6 Å². The molecule has 0 aliphatic rings. The lowest BCUT2D eigenvalue weighted by Gasteiger charge is -2.21. The highest BCUT2D eigenvalue weighted by atomic mass is 32.1. The fourth-order valence-corrected chi connectivity index (χ4v) is 1.13. The Morgan fingerprint density at radius 3 is 1.41 bits per heavy atom. The van der Waals surface area contributed by atoms with Crippen LogP contribution in [-0.4, -0.2) is 65.8 Å². The summed E-state index contributed by atoms with van der Waals surface area (Å²) in [6.45, 7) is 3.32. The Balaban J connectivity index is 0. The molecule has 0 spiro atoms. The topological polar surface area (TPSA) is 195 Å². The standard InChI is InChI=1S/C6H8O7.C5H11NO2S/c7-3(8)1-6(13,5(11)12)2-4(9)10;1-5(2,9)3(6)4(7)8/h13H,1-2H2,(H,7,8)(H,9,10)(H,11,12);3,9H,6H2,1-2H3,(H,7,8)/t;3-/m.1/s1. The van der Waals surface area contributed by atoms with Crippen LogP contribution in [0.2, 0.25) is 0 Å². The van der Waals surface area contributed by atoms with Crippen LogP contribution in [0.25, 0.3) is 0 Å². The summed E-state index contributed by atoms with van der Waals surface area (Å²) in [4.78, 5) is 40.7. The number of aliphatic carboxylic acids is 4. The number of carboxylic acids is 4. The predicted octanol–water partition coefficient (Wildman–Crippen LogP) is -1.14. The first kappa shape index (κ1) is 22.4. The Hall–Kier alpha value is -1.85. The Labute approximate surface area is 131 Å². The molecule has 0 unspecified atom stereocenters. The average molecular weight is 341 g/mol. The first-order chi connectivity index (χ1) is 9.63. The molecule has 0 saturated carbocycles. The van der Waals surface area contributed by atoms with Gasteiger partial charge in [-0.05, 0) is 13.8 Å². The van der Waals surface area contributed by atoms with E-state index in [0.29, 0.717) is 0 Å². The zero-order valence-corrected chi connectivity index (χ0v) is 12.8. The van der Waals surface area contributed by atoms with E-state index in [0.717, 1.165) is 0 Å². The van der Waals surface area contributed by atoms with Gasteiger partial charge in [0, 0.05) is 4.75 Å². The summed E-state index contributed by atoms with van der Waals surface area (Å²) >= 11 is 3.98. The fraction of sp³-hybridized carbons (Fsp3) is 0.636. The van der Waals surface area contributed by atoms with Crippen LogP contribution in [0.4, 0.5) is 0 Å². The summed E-state index contributed by atoms with van der Waals surface area (Å²) in [5.74, 6) is -6.04. The van der Waals surface area contributed by atoms with Gasteiger partial charge in [-0.3, -0.25) is 14.4 Å². The van der Waals surface area contributed by atoms with Crippen LogP contribution in [0.15, 0.2) is 0 Å². The van der Waals surface area contributed by atoms with E-state index in [1.807, 2.05) is 0 Å². The van der Waals surface area contributed by atoms with E-state index < -0.39 is 53.1 Å². The lowest BCUT2D eigenvalue weighted by atomic mass is 9.96. The number of rotatable bonds is 7. The number of hydrogen-bond donors (Lipinski definition) is 7. The van der Waals surface area contributed by atoms with Crippen LogP contribution < -0.4 is 5.73 Å². The van der Waals surface area contributed by atoms with Gasteiger partial charge in [-0.1, -0.05) is 0 Å². The molecule has 0 aliphatic carbocycles. The molecule has 0 amide bonds. The minimum absolute atomic E-state index is 0.647. The molecule has 128 valence electrons. The molecule has 0 fully saturated rings. The molecule has 0 heterocycles. The summed E-state index contributed by atoms with van der Waals surface area (Å²) in [5, 5.41) is 42.2. The molecule has 0 aromatic carbocycles. The van der Waals surface area contributed by atoms with Crippen LogP contribution in [0, 0.1) is 0 Å². The van der Waals surface area contributed by atoms with Crippen molar-refractivity contribution in [2.75, 3.05) is 0 Å². The van der Waals surface area contributed by atoms with E-state index in [-0.39, 0.29) is 0 Å². The van der Waals surface area contributed by atoms with Crippen LogP contribution >= 0.6 is 12.6 Å². The summed E-state index contributed by atoms with van der Waals surface area (Å²) in [5.41, 5.74) is 2.48. The maximum absolute atomic E-state index is 10.3. The largest absolute Gasteiger partial charge is 0.481 e. The van der Waals surface area contributed by atoms with Crippen molar-refractivity contribution in [1.82, 2.24) is 0 Å². The fourth-order valence-electron chi connectivity index (χ4n) is 1.02. The number of hydrogen-bond acceptors (Lipinski definition) is 7. The second-order valence-corrected chi connectivity index (χ2v) is 6.10. The number of nitrogens with two attached hydrogens (primary N) is 1. The molecule has 0 rings (SSSR count). The number of carbonyl (C=O) groups is 4. The van der Waals surface area contributed by atoms with Gasteiger partial charge >= 0.3 is 23.9 Å². The third kappa shape index (κ3) is 9.15. The van der Waals surface area contributed by atoms with Gasteiger partial charge in [0.1, 0.15) is 6.04 Å². The van der Waals surface area contributed by atoms with Gasteiger partial charge in [0.2, 0.25) is 0 Å². The second kappa shape index (κ2) is 8.56. The third-order valence-corrected chi connectivity index (χ3v) is 2.59. The first-order valence-electron chi connectivity index (χ1n) is 5.73. The first-order valence-corrected chi connectivity index (χ1v) is 6.18. The Morgan fingerprint density at radius 2 is 1.32 bits per heavy atom. The van der Waals surface area contributed by atoms with Crippen molar-refractivity contribution < 1.29 is 44.7 Å². The zero-order valence-electron chi connectivity index (χ0n) is 11.9. The minimum atomic E-state index is -2.74. The maximum Gasteiger partial charge on any atom is 0.336 e. The van der Waals surface area contributed by atoms with E-state index >= 15 is 0 Å². The SMILES string of the molecule is CC(C)(S)[C@H](N)C(=O)O.O=C(O)CC(O)(CC(=O)O)C(=O)O. The van der Waals surface area contributed by atoms with E-state index in [1.54, 1.807) is 13.8 Å².